The minimum absolute atomic E-state index is 0.105. The molecule has 2 rings (SSSR count). The molecule has 1 aromatic heterocycles. The van der Waals surface area contributed by atoms with Crippen molar-refractivity contribution in [2.75, 3.05) is 12.0 Å². The Hall–Kier alpha value is -1.55. The molecule has 3 nitrogen and oxygen atoms in total. The summed E-state index contributed by atoms with van der Waals surface area (Å²) in [5.41, 5.74) is 1.55. The van der Waals surface area contributed by atoms with E-state index in [1.165, 1.54) is 11.8 Å². The van der Waals surface area contributed by atoms with Gasteiger partial charge in [0.15, 0.2) is 5.78 Å². The number of aromatic nitrogens is 2. The van der Waals surface area contributed by atoms with Crippen LogP contribution in [0.5, 0.6) is 0 Å². The van der Waals surface area contributed by atoms with Gasteiger partial charge in [0.1, 0.15) is 5.69 Å². The summed E-state index contributed by atoms with van der Waals surface area (Å²) in [6.45, 7) is 0. The molecule has 4 heteroatoms. The van der Waals surface area contributed by atoms with Crippen molar-refractivity contribution >= 4 is 17.5 Å². The Morgan fingerprint density at radius 2 is 2.06 bits per heavy atom. The van der Waals surface area contributed by atoms with Crippen LogP contribution in [0.4, 0.5) is 0 Å². The highest BCUT2D eigenvalue weighted by Crippen LogP contribution is 2.11. The Kier molecular flexibility index (Phi) is 3.41. The standard InChI is InChI=1S/C12H12N2OS/c1-16-9-12(15)11-7-8-13-14(11)10-5-3-2-4-6-10/h2-8H,9H2,1H3. The number of rotatable bonds is 4. The zero-order valence-electron chi connectivity index (χ0n) is 8.96. The second-order valence-electron chi connectivity index (χ2n) is 3.32. The molecule has 0 aliphatic heterocycles. The molecule has 0 aliphatic rings. The molecule has 82 valence electrons. The van der Waals surface area contributed by atoms with Crippen LogP contribution in [-0.4, -0.2) is 27.6 Å². The first-order chi connectivity index (χ1) is 7.83. The number of hydrogen-bond donors (Lipinski definition) is 0. The van der Waals surface area contributed by atoms with Gasteiger partial charge in [0, 0.05) is 0 Å². The van der Waals surface area contributed by atoms with Crippen molar-refractivity contribution in [2.45, 2.75) is 0 Å². The van der Waals surface area contributed by atoms with Crippen molar-refractivity contribution in [3.8, 4) is 5.69 Å². The van der Waals surface area contributed by atoms with Gasteiger partial charge in [-0.1, -0.05) is 18.2 Å². The number of carbonyl (C=O) groups excluding carboxylic acids is 1. The zero-order chi connectivity index (χ0) is 11.4. The third-order valence-corrected chi connectivity index (χ3v) is 2.76. The second kappa shape index (κ2) is 4.99. The van der Waals surface area contributed by atoms with Crippen LogP contribution in [0.3, 0.4) is 0 Å². The second-order valence-corrected chi connectivity index (χ2v) is 4.19. The lowest BCUT2D eigenvalue weighted by atomic mass is 10.3. The minimum Gasteiger partial charge on any atom is -0.292 e. The van der Waals surface area contributed by atoms with Crippen LogP contribution in [0.1, 0.15) is 10.5 Å². The highest BCUT2D eigenvalue weighted by atomic mass is 32.2. The maximum absolute atomic E-state index is 11.8. The van der Waals surface area contributed by atoms with Crippen LogP contribution >= 0.6 is 11.8 Å². The molecular formula is C12H12N2OS. The van der Waals surface area contributed by atoms with E-state index in [1.807, 2.05) is 36.6 Å². The fourth-order valence-corrected chi connectivity index (χ4v) is 1.90. The molecule has 0 radical (unpaired) electrons. The molecule has 0 aliphatic carbocycles. The molecule has 0 saturated carbocycles. The summed E-state index contributed by atoms with van der Waals surface area (Å²) in [5.74, 6) is 0.590. The Morgan fingerprint density at radius 3 is 2.75 bits per heavy atom. The number of nitrogens with zero attached hydrogens (tertiary/aromatic N) is 2. The van der Waals surface area contributed by atoms with Gasteiger partial charge in [0.2, 0.25) is 0 Å². The summed E-state index contributed by atoms with van der Waals surface area (Å²) in [6, 6.07) is 11.4. The van der Waals surface area contributed by atoms with E-state index in [0.29, 0.717) is 11.4 Å². The summed E-state index contributed by atoms with van der Waals surface area (Å²) in [4.78, 5) is 11.8. The molecule has 0 spiro atoms. The summed E-state index contributed by atoms with van der Waals surface area (Å²) < 4.78 is 1.68. The number of para-hydroxylation sites is 1. The molecule has 1 heterocycles. The fraction of sp³-hybridized carbons (Fsp3) is 0.167. The van der Waals surface area contributed by atoms with Gasteiger partial charge >= 0.3 is 0 Å². The van der Waals surface area contributed by atoms with Crippen LogP contribution < -0.4 is 0 Å². The largest absolute Gasteiger partial charge is 0.292 e. The molecule has 16 heavy (non-hydrogen) atoms. The van der Waals surface area contributed by atoms with Gasteiger partial charge in [0.05, 0.1) is 17.6 Å². The first-order valence-electron chi connectivity index (χ1n) is 4.94. The monoisotopic (exact) mass is 232 g/mol. The van der Waals surface area contributed by atoms with Gasteiger partial charge in [-0.05, 0) is 24.5 Å². The minimum atomic E-state index is 0.105. The Balaban J connectivity index is 2.37. The van der Waals surface area contributed by atoms with E-state index >= 15 is 0 Å². The average Bonchev–Trinajstić information content (AvgIpc) is 2.79. The van der Waals surface area contributed by atoms with E-state index in [9.17, 15) is 4.79 Å². The molecule has 0 bridgehead atoms. The number of carbonyl (C=O) groups is 1. The highest BCUT2D eigenvalue weighted by Gasteiger charge is 2.11. The van der Waals surface area contributed by atoms with Gasteiger partial charge in [-0.15, -0.1) is 0 Å². The van der Waals surface area contributed by atoms with Gasteiger partial charge in [0.25, 0.3) is 0 Å². The molecule has 0 amide bonds. The van der Waals surface area contributed by atoms with Crippen molar-refractivity contribution in [3.05, 3.63) is 48.3 Å². The molecule has 0 N–H and O–H groups in total. The number of Topliss-reactive ketones (excluding diaryl/α,β-unsaturated/α-hetero) is 1. The lowest BCUT2D eigenvalue weighted by molar-refractivity contribution is 0.101. The molecule has 0 saturated heterocycles. The van der Waals surface area contributed by atoms with Crippen molar-refractivity contribution in [2.24, 2.45) is 0 Å². The number of hydrogen-bond acceptors (Lipinski definition) is 3. The highest BCUT2D eigenvalue weighted by molar-refractivity contribution is 7.99. The van der Waals surface area contributed by atoms with Gasteiger partial charge in [-0.25, -0.2) is 4.68 Å². The van der Waals surface area contributed by atoms with Crippen molar-refractivity contribution in [1.82, 2.24) is 9.78 Å². The fourth-order valence-electron chi connectivity index (χ4n) is 1.49. The molecule has 1 aromatic carbocycles. The maximum atomic E-state index is 11.8. The summed E-state index contributed by atoms with van der Waals surface area (Å²) in [7, 11) is 0. The first kappa shape index (κ1) is 11.0. The van der Waals surface area contributed by atoms with E-state index in [-0.39, 0.29) is 5.78 Å². The normalized spacial score (nSPS) is 10.3. The topological polar surface area (TPSA) is 34.9 Å². The SMILES string of the molecule is CSCC(=O)c1ccnn1-c1ccccc1. The van der Waals surface area contributed by atoms with Gasteiger partial charge < -0.3 is 0 Å². The summed E-state index contributed by atoms with van der Waals surface area (Å²) in [6.07, 6.45) is 3.57. The number of benzene rings is 1. The molecule has 0 unspecified atom stereocenters. The van der Waals surface area contributed by atoms with E-state index in [4.69, 9.17) is 0 Å². The van der Waals surface area contributed by atoms with Crippen LogP contribution in [0.25, 0.3) is 5.69 Å². The Bertz CT molecular complexity index is 479. The van der Waals surface area contributed by atoms with E-state index in [0.717, 1.165) is 5.69 Å². The smallest absolute Gasteiger partial charge is 0.191 e. The zero-order valence-corrected chi connectivity index (χ0v) is 9.78. The quantitative estimate of drug-likeness (QED) is 0.759. The van der Waals surface area contributed by atoms with E-state index in [2.05, 4.69) is 5.10 Å². The third-order valence-electron chi connectivity index (χ3n) is 2.20. The molecule has 0 atom stereocenters. The van der Waals surface area contributed by atoms with Crippen molar-refractivity contribution in [3.63, 3.8) is 0 Å². The van der Waals surface area contributed by atoms with Crippen LogP contribution in [0.2, 0.25) is 0 Å². The molecular weight excluding hydrogens is 220 g/mol. The Labute approximate surface area is 98.5 Å². The van der Waals surface area contributed by atoms with E-state index in [1.54, 1.807) is 16.9 Å². The average molecular weight is 232 g/mol. The predicted octanol–water partition coefficient (Wildman–Crippen LogP) is 2.42. The molecule has 0 fully saturated rings. The first-order valence-corrected chi connectivity index (χ1v) is 6.34. The van der Waals surface area contributed by atoms with Crippen LogP contribution in [0.15, 0.2) is 42.6 Å². The van der Waals surface area contributed by atoms with E-state index < -0.39 is 0 Å². The van der Waals surface area contributed by atoms with Crippen molar-refractivity contribution < 1.29 is 4.79 Å². The lowest BCUT2D eigenvalue weighted by Gasteiger charge is -2.05. The third kappa shape index (κ3) is 2.17. The van der Waals surface area contributed by atoms with Gasteiger partial charge in [-0.2, -0.15) is 16.9 Å². The number of thioether (sulfide) groups is 1. The molecule has 2 aromatic rings. The predicted molar refractivity (Wildman–Crippen MR) is 66.3 cm³/mol. The van der Waals surface area contributed by atoms with Gasteiger partial charge in [-0.3, -0.25) is 4.79 Å². The lowest BCUT2D eigenvalue weighted by Crippen LogP contribution is -2.10. The number of ketones is 1. The summed E-state index contributed by atoms with van der Waals surface area (Å²) in [5, 5.41) is 4.18. The summed E-state index contributed by atoms with van der Waals surface area (Å²) >= 11 is 1.52. The van der Waals surface area contributed by atoms with Crippen LogP contribution in [0, 0.1) is 0 Å². The Morgan fingerprint density at radius 1 is 1.31 bits per heavy atom. The van der Waals surface area contributed by atoms with Crippen molar-refractivity contribution in [1.29, 1.82) is 0 Å². The maximum Gasteiger partial charge on any atom is 0.191 e. The van der Waals surface area contributed by atoms with Crippen LogP contribution in [-0.2, 0) is 0 Å².